The summed E-state index contributed by atoms with van der Waals surface area (Å²) in [4.78, 5) is 25.3. The summed E-state index contributed by atoms with van der Waals surface area (Å²) in [6.45, 7) is 4.01. The van der Waals surface area contributed by atoms with E-state index in [0.717, 1.165) is 5.56 Å². The third-order valence-electron chi connectivity index (χ3n) is 5.50. The van der Waals surface area contributed by atoms with Crippen LogP contribution in [0.5, 0.6) is 0 Å². The third-order valence-corrected chi connectivity index (χ3v) is 7.54. The molecule has 0 radical (unpaired) electrons. The van der Waals surface area contributed by atoms with Crippen LogP contribution in [0.2, 0.25) is 5.02 Å². The first-order valence-corrected chi connectivity index (χ1v) is 12.1. The minimum atomic E-state index is -4.03. The van der Waals surface area contributed by atoms with Crippen LogP contribution in [-0.2, 0) is 16.4 Å². The molecule has 10 heteroatoms. The Morgan fingerprint density at radius 1 is 1.15 bits per heavy atom. The van der Waals surface area contributed by atoms with Gasteiger partial charge in [-0.3, -0.25) is 19.2 Å². The standard InChI is InChI=1S/C24H20ClN3O5S/c1-2-13-27(20-10-7-19(25)8-11-20)34(32,33)22-5-3-4-18(15-22)24(29)26-14-12-17-6-9-21(28(30)31)16-23(17)26/h2-11,15-16H,1,12-14H2. The second-order valence-corrected chi connectivity index (χ2v) is 9.90. The van der Waals surface area contributed by atoms with Crippen LogP contribution in [0.1, 0.15) is 15.9 Å². The lowest BCUT2D eigenvalue weighted by Crippen LogP contribution is -2.32. The molecule has 3 aromatic rings. The Balaban J connectivity index is 1.69. The van der Waals surface area contributed by atoms with Gasteiger partial charge in [0.05, 0.1) is 27.7 Å². The van der Waals surface area contributed by atoms with E-state index in [1.807, 2.05) is 0 Å². The molecule has 0 fully saturated rings. The summed E-state index contributed by atoms with van der Waals surface area (Å²) in [5.74, 6) is -0.432. The number of carbonyl (C=O) groups is 1. The van der Waals surface area contributed by atoms with Crippen molar-refractivity contribution in [1.82, 2.24) is 0 Å². The molecule has 0 unspecified atom stereocenters. The van der Waals surface area contributed by atoms with Gasteiger partial charge < -0.3 is 4.90 Å². The van der Waals surface area contributed by atoms with Crippen LogP contribution in [0, 0.1) is 10.1 Å². The van der Waals surface area contributed by atoms with Crippen LogP contribution in [0.4, 0.5) is 17.1 Å². The van der Waals surface area contributed by atoms with Crippen LogP contribution >= 0.6 is 11.6 Å². The number of non-ortho nitro benzene ring substituents is 1. The fourth-order valence-electron chi connectivity index (χ4n) is 3.83. The number of hydrogen-bond donors (Lipinski definition) is 0. The zero-order valence-electron chi connectivity index (χ0n) is 17.9. The number of nitrogens with zero attached hydrogens (tertiary/aromatic N) is 3. The van der Waals surface area contributed by atoms with Crippen molar-refractivity contribution in [1.29, 1.82) is 0 Å². The molecule has 174 valence electrons. The van der Waals surface area contributed by atoms with Gasteiger partial charge in [0.1, 0.15) is 0 Å². The maximum Gasteiger partial charge on any atom is 0.271 e. The average Bonchev–Trinajstić information content (AvgIpc) is 3.26. The largest absolute Gasteiger partial charge is 0.307 e. The SMILES string of the molecule is C=CCN(c1ccc(Cl)cc1)S(=O)(=O)c1cccc(C(=O)N2CCc3ccc([N+](=O)[O-])cc32)c1. The zero-order valence-corrected chi connectivity index (χ0v) is 19.5. The number of rotatable bonds is 7. The number of sulfonamides is 1. The molecule has 0 aromatic heterocycles. The van der Waals surface area contributed by atoms with E-state index in [1.54, 1.807) is 30.3 Å². The summed E-state index contributed by atoms with van der Waals surface area (Å²) in [6.07, 6.45) is 2.02. The minimum absolute atomic E-state index is 0.0192. The lowest BCUT2D eigenvalue weighted by molar-refractivity contribution is -0.384. The number of nitro groups is 1. The quantitative estimate of drug-likeness (QED) is 0.264. The van der Waals surface area contributed by atoms with Crippen molar-refractivity contribution in [3.63, 3.8) is 0 Å². The van der Waals surface area contributed by atoms with Gasteiger partial charge in [0.25, 0.3) is 21.6 Å². The first-order chi connectivity index (χ1) is 16.2. The van der Waals surface area contributed by atoms with E-state index in [9.17, 15) is 23.3 Å². The molecule has 4 rings (SSSR count). The zero-order chi connectivity index (χ0) is 24.5. The molecule has 1 aliphatic heterocycles. The fourth-order valence-corrected chi connectivity index (χ4v) is 5.44. The molecule has 1 aliphatic rings. The second-order valence-electron chi connectivity index (χ2n) is 7.61. The Bertz CT molecular complexity index is 1390. The number of benzene rings is 3. The van der Waals surface area contributed by atoms with Gasteiger partial charge in [0.15, 0.2) is 0 Å². The van der Waals surface area contributed by atoms with Crippen molar-refractivity contribution in [2.75, 3.05) is 22.3 Å². The molecule has 8 nitrogen and oxygen atoms in total. The van der Waals surface area contributed by atoms with Crippen molar-refractivity contribution in [2.24, 2.45) is 0 Å². The van der Waals surface area contributed by atoms with Crippen molar-refractivity contribution in [2.45, 2.75) is 11.3 Å². The monoisotopic (exact) mass is 497 g/mol. The maximum atomic E-state index is 13.5. The van der Waals surface area contributed by atoms with E-state index in [-0.39, 0.29) is 22.7 Å². The second kappa shape index (κ2) is 9.28. The molecule has 34 heavy (non-hydrogen) atoms. The summed E-state index contributed by atoms with van der Waals surface area (Å²) in [5.41, 5.74) is 1.74. The van der Waals surface area contributed by atoms with Gasteiger partial charge in [-0.15, -0.1) is 6.58 Å². The molecule has 1 heterocycles. The summed E-state index contributed by atoms with van der Waals surface area (Å²) in [6, 6.07) is 16.5. The third kappa shape index (κ3) is 4.40. The predicted octanol–water partition coefficient (Wildman–Crippen LogP) is 4.83. The van der Waals surface area contributed by atoms with Crippen LogP contribution in [0.3, 0.4) is 0 Å². The molecule has 0 N–H and O–H groups in total. The molecule has 0 spiro atoms. The molecule has 0 aliphatic carbocycles. The Hall–Kier alpha value is -3.69. The van der Waals surface area contributed by atoms with Crippen molar-refractivity contribution < 1.29 is 18.1 Å². The van der Waals surface area contributed by atoms with E-state index in [1.165, 1.54) is 51.7 Å². The first-order valence-electron chi connectivity index (χ1n) is 10.3. The topological polar surface area (TPSA) is 101 Å². The Morgan fingerprint density at radius 2 is 1.88 bits per heavy atom. The van der Waals surface area contributed by atoms with Gasteiger partial charge in [-0.25, -0.2) is 8.42 Å². The van der Waals surface area contributed by atoms with Crippen LogP contribution in [0.15, 0.2) is 84.3 Å². The number of fused-ring (bicyclic) bond motifs is 1. The Labute approximate surface area is 201 Å². The summed E-state index contributed by atoms with van der Waals surface area (Å²) in [7, 11) is -4.03. The van der Waals surface area contributed by atoms with E-state index in [4.69, 9.17) is 11.6 Å². The molecule has 0 bridgehead atoms. The molecule has 3 aromatic carbocycles. The van der Waals surface area contributed by atoms with Crippen LogP contribution in [-0.4, -0.2) is 32.3 Å². The molecule has 0 saturated heterocycles. The van der Waals surface area contributed by atoms with Gasteiger partial charge in [0.2, 0.25) is 0 Å². The molecule has 0 saturated carbocycles. The van der Waals surface area contributed by atoms with Gasteiger partial charge in [-0.05, 0) is 54.4 Å². The fraction of sp³-hybridized carbons (Fsp3) is 0.125. The van der Waals surface area contributed by atoms with Gasteiger partial charge in [-0.1, -0.05) is 29.8 Å². The van der Waals surface area contributed by atoms with Crippen molar-refractivity contribution in [3.05, 3.63) is 106 Å². The average molecular weight is 498 g/mol. The normalized spacial score (nSPS) is 12.8. The maximum absolute atomic E-state index is 13.5. The lowest BCUT2D eigenvalue weighted by Gasteiger charge is -2.24. The highest BCUT2D eigenvalue weighted by Crippen LogP contribution is 2.33. The highest BCUT2D eigenvalue weighted by atomic mass is 35.5. The molecule has 1 amide bonds. The van der Waals surface area contributed by atoms with Gasteiger partial charge in [0, 0.05) is 29.3 Å². The molecular formula is C24H20ClN3O5S. The van der Waals surface area contributed by atoms with Gasteiger partial charge in [-0.2, -0.15) is 0 Å². The van der Waals surface area contributed by atoms with Crippen LogP contribution < -0.4 is 9.21 Å². The number of halogens is 1. The van der Waals surface area contributed by atoms with Crippen molar-refractivity contribution >= 4 is 44.6 Å². The van der Waals surface area contributed by atoms with E-state index >= 15 is 0 Å². The summed E-state index contributed by atoms with van der Waals surface area (Å²) < 4.78 is 28.1. The van der Waals surface area contributed by atoms with E-state index in [2.05, 4.69) is 6.58 Å². The summed E-state index contributed by atoms with van der Waals surface area (Å²) in [5, 5.41) is 11.6. The Morgan fingerprint density at radius 3 is 2.56 bits per heavy atom. The highest BCUT2D eigenvalue weighted by molar-refractivity contribution is 7.92. The number of anilines is 2. The van der Waals surface area contributed by atoms with E-state index < -0.39 is 20.9 Å². The first kappa shape index (κ1) is 23.5. The molecular weight excluding hydrogens is 478 g/mol. The summed E-state index contributed by atoms with van der Waals surface area (Å²) >= 11 is 5.94. The smallest absolute Gasteiger partial charge is 0.271 e. The Kier molecular flexibility index (Phi) is 6.41. The van der Waals surface area contributed by atoms with E-state index in [0.29, 0.717) is 29.4 Å². The minimum Gasteiger partial charge on any atom is -0.307 e. The van der Waals surface area contributed by atoms with Gasteiger partial charge >= 0.3 is 0 Å². The number of amides is 1. The predicted molar refractivity (Wildman–Crippen MR) is 131 cm³/mol. The molecule has 0 atom stereocenters. The van der Waals surface area contributed by atoms with Crippen LogP contribution in [0.25, 0.3) is 0 Å². The highest BCUT2D eigenvalue weighted by Gasteiger charge is 2.29. The number of nitro benzene ring substituents is 1. The number of carbonyl (C=O) groups excluding carboxylic acids is 1. The van der Waals surface area contributed by atoms with Crippen molar-refractivity contribution in [3.8, 4) is 0 Å². The lowest BCUT2D eigenvalue weighted by atomic mass is 10.1. The number of hydrogen-bond acceptors (Lipinski definition) is 5.